The van der Waals surface area contributed by atoms with Crippen LogP contribution in [-0.2, 0) is 0 Å². The van der Waals surface area contributed by atoms with Crippen LogP contribution in [0.25, 0.3) is 0 Å². The summed E-state index contributed by atoms with van der Waals surface area (Å²) in [4.78, 5) is 0. The zero-order chi connectivity index (χ0) is 12.1. The minimum atomic E-state index is 0.228. The van der Waals surface area contributed by atoms with E-state index in [9.17, 15) is 5.11 Å². The average Bonchev–Trinajstić information content (AvgIpc) is 2.37. The largest absolute Gasteiger partial charge is 0.508 e. The number of anilines is 2. The molecule has 0 aliphatic heterocycles. The van der Waals surface area contributed by atoms with E-state index in [0.29, 0.717) is 0 Å². The summed E-state index contributed by atoms with van der Waals surface area (Å²) in [5.41, 5.74) is 7.71. The highest BCUT2D eigenvalue weighted by molar-refractivity contribution is 5.55. The van der Waals surface area contributed by atoms with Gasteiger partial charge in [-0.05, 0) is 36.4 Å². The summed E-state index contributed by atoms with van der Waals surface area (Å²) >= 11 is 0. The Morgan fingerprint density at radius 1 is 0.941 bits per heavy atom. The molecule has 0 aliphatic carbocycles. The summed E-state index contributed by atoms with van der Waals surface area (Å²) in [5.74, 6) is 1.04. The van der Waals surface area contributed by atoms with Gasteiger partial charge in [-0.3, -0.25) is 0 Å². The molecule has 0 bridgehead atoms. The van der Waals surface area contributed by atoms with Crippen LogP contribution in [0.5, 0.6) is 11.5 Å². The van der Waals surface area contributed by atoms with Gasteiger partial charge in [0.2, 0.25) is 0 Å². The maximum atomic E-state index is 9.29. The summed E-state index contributed by atoms with van der Waals surface area (Å²) in [6.45, 7) is 0. The number of benzene rings is 2. The van der Waals surface area contributed by atoms with E-state index >= 15 is 0 Å². The van der Waals surface area contributed by atoms with Gasteiger partial charge in [0, 0.05) is 6.07 Å². The van der Waals surface area contributed by atoms with Crippen molar-refractivity contribution < 1.29 is 9.84 Å². The topological polar surface area (TPSA) is 53.5 Å². The van der Waals surface area contributed by atoms with Crippen molar-refractivity contribution in [2.75, 3.05) is 18.0 Å². The number of ether oxygens (including phenoxy) is 1. The zero-order valence-electron chi connectivity index (χ0n) is 9.47. The molecule has 0 radical (unpaired) electrons. The van der Waals surface area contributed by atoms with Gasteiger partial charge in [0.1, 0.15) is 11.5 Å². The highest BCUT2D eigenvalue weighted by atomic mass is 16.5. The summed E-state index contributed by atoms with van der Waals surface area (Å²) in [6, 6.07) is 14.4. The van der Waals surface area contributed by atoms with Crippen LogP contribution in [0.15, 0.2) is 48.5 Å². The Labute approximate surface area is 99.8 Å². The van der Waals surface area contributed by atoms with Crippen molar-refractivity contribution in [3.63, 3.8) is 0 Å². The van der Waals surface area contributed by atoms with Crippen LogP contribution in [0.2, 0.25) is 0 Å². The predicted molar refractivity (Wildman–Crippen MR) is 68.3 cm³/mol. The van der Waals surface area contributed by atoms with Gasteiger partial charge >= 0.3 is 0 Å². The minimum Gasteiger partial charge on any atom is -0.508 e. The first-order valence-corrected chi connectivity index (χ1v) is 5.23. The van der Waals surface area contributed by atoms with Crippen molar-refractivity contribution in [2.45, 2.75) is 0 Å². The fourth-order valence-corrected chi connectivity index (χ4v) is 1.40. The van der Waals surface area contributed by atoms with E-state index in [4.69, 9.17) is 4.74 Å². The van der Waals surface area contributed by atoms with E-state index < -0.39 is 0 Å². The number of phenols is 1. The van der Waals surface area contributed by atoms with Gasteiger partial charge in [-0.1, -0.05) is 6.07 Å². The molecule has 3 N–H and O–H groups in total. The Morgan fingerprint density at radius 2 is 1.65 bits per heavy atom. The van der Waals surface area contributed by atoms with Crippen molar-refractivity contribution >= 4 is 11.4 Å². The normalized spacial score (nSPS) is 9.71. The molecule has 0 saturated carbocycles. The fourth-order valence-electron chi connectivity index (χ4n) is 1.40. The molecule has 88 valence electrons. The highest BCUT2D eigenvalue weighted by Crippen LogP contribution is 2.17. The lowest BCUT2D eigenvalue weighted by molar-refractivity contribution is 0.415. The summed E-state index contributed by atoms with van der Waals surface area (Å²) in [7, 11) is 1.63. The number of phenolic OH excluding ortho intramolecular Hbond substituents is 1. The van der Waals surface area contributed by atoms with Crippen molar-refractivity contribution in [2.24, 2.45) is 0 Å². The Balaban J connectivity index is 1.97. The average molecular weight is 230 g/mol. The van der Waals surface area contributed by atoms with Crippen LogP contribution in [-0.4, -0.2) is 12.2 Å². The molecule has 17 heavy (non-hydrogen) atoms. The van der Waals surface area contributed by atoms with Crippen molar-refractivity contribution in [1.82, 2.24) is 0 Å². The molecule has 0 aromatic heterocycles. The molecule has 0 amide bonds. The number of methoxy groups -OCH3 is 1. The first kappa shape index (κ1) is 11.1. The molecule has 0 spiro atoms. The smallest absolute Gasteiger partial charge is 0.119 e. The molecule has 2 aromatic carbocycles. The third kappa shape index (κ3) is 3.04. The molecule has 2 aromatic rings. The number of nitrogens with one attached hydrogen (secondary N) is 2. The minimum absolute atomic E-state index is 0.228. The molecular formula is C13H14N2O2. The van der Waals surface area contributed by atoms with Gasteiger partial charge in [0.25, 0.3) is 0 Å². The van der Waals surface area contributed by atoms with Gasteiger partial charge in [-0.2, -0.15) is 0 Å². The number of hydrogen-bond donors (Lipinski definition) is 3. The quantitative estimate of drug-likeness (QED) is 0.707. The molecule has 0 saturated heterocycles. The number of rotatable bonds is 4. The van der Waals surface area contributed by atoms with Crippen LogP contribution in [0.4, 0.5) is 11.4 Å². The van der Waals surface area contributed by atoms with Gasteiger partial charge < -0.3 is 20.7 Å². The summed E-state index contributed by atoms with van der Waals surface area (Å²) < 4.78 is 5.07. The molecular weight excluding hydrogens is 216 g/mol. The lowest BCUT2D eigenvalue weighted by Gasteiger charge is -2.10. The summed E-state index contributed by atoms with van der Waals surface area (Å²) in [5, 5.41) is 9.29. The maximum absolute atomic E-state index is 9.29. The monoisotopic (exact) mass is 230 g/mol. The Kier molecular flexibility index (Phi) is 3.35. The van der Waals surface area contributed by atoms with Gasteiger partial charge in [0.05, 0.1) is 18.5 Å². The van der Waals surface area contributed by atoms with E-state index in [2.05, 4.69) is 10.9 Å². The second-order valence-corrected chi connectivity index (χ2v) is 3.53. The molecule has 0 atom stereocenters. The number of aromatic hydroxyl groups is 1. The standard InChI is InChI=1S/C13H14N2O2/c1-17-13-7-5-10(6-8-13)14-15-11-3-2-4-12(16)9-11/h2-9,14-16H,1H3. The highest BCUT2D eigenvalue weighted by Gasteiger charge is 1.95. The number of hydrazine groups is 1. The SMILES string of the molecule is COc1ccc(NNc2cccc(O)c2)cc1. The van der Waals surface area contributed by atoms with E-state index in [0.717, 1.165) is 17.1 Å². The lowest BCUT2D eigenvalue weighted by atomic mass is 10.3. The lowest BCUT2D eigenvalue weighted by Crippen LogP contribution is -2.08. The van der Waals surface area contributed by atoms with Gasteiger partial charge in [-0.15, -0.1) is 0 Å². The summed E-state index contributed by atoms with van der Waals surface area (Å²) in [6.07, 6.45) is 0. The van der Waals surface area contributed by atoms with Crippen molar-refractivity contribution in [3.05, 3.63) is 48.5 Å². The van der Waals surface area contributed by atoms with Crippen LogP contribution < -0.4 is 15.6 Å². The first-order valence-electron chi connectivity index (χ1n) is 5.23. The predicted octanol–water partition coefficient (Wildman–Crippen LogP) is 2.84. The maximum Gasteiger partial charge on any atom is 0.119 e. The zero-order valence-corrected chi connectivity index (χ0v) is 9.47. The Morgan fingerprint density at radius 3 is 2.29 bits per heavy atom. The van der Waals surface area contributed by atoms with Crippen molar-refractivity contribution in [3.8, 4) is 11.5 Å². The Bertz CT molecular complexity index is 483. The molecule has 0 unspecified atom stereocenters. The Hall–Kier alpha value is -2.36. The van der Waals surface area contributed by atoms with Gasteiger partial charge in [0.15, 0.2) is 0 Å². The number of hydrogen-bond acceptors (Lipinski definition) is 4. The third-order valence-corrected chi connectivity index (χ3v) is 2.29. The van der Waals surface area contributed by atoms with Gasteiger partial charge in [-0.25, -0.2) is 0 Å². The molecule has 0 fully saturated rings. The van der Waals surface area contributed by atoms with Crippen LogP contribution in [0.3, 0.4) is 0 Å². The molecule has 0 heterocycles. The van der Waals surface area contributed by atoms with E-state index in [1.807, 2.05) is 30.3 Å². The molecule has 4 heteroatoms. The van der Waals surface area contributed by atoms with Crippen LogP contribution in [0.1, 0.15) is 0 Å². The second-order valence-electron chi connectivity index (χ2n) is 3.53. The molecule has 2 rings (SSSR count). The third-order valence-electron chi connectivity index (χ3n) is 2.29. The van der Waals surface area contributed by atoms with Crippen LogP contribution in [0, 0.1) is 0 Å². The van der Waals surface area contributed by atoms with E-state index in [1.165, 1.54) is 0 Å². The van der Waals surface area contributed by atoms with Crippen molar-refractivity contribution in [1.29, 1.82) is 0 Å². The first-order chi connectivity index (χ1) is 8.28. The van der Waals surface area contributed by atoms with E-state index in [1.54, 1.807) is 25.3 Å². The van der Waals surface area contributed by atoms with Crippen LogP contribution >= 0.6 is 0 Å². The fraction of sp³-hybridized carbons (Fsp3) is 0.0769. The second kappa shape index (κ2) is 5.12. The molecule has 4 nitrogen and oxygen atoms in total. The van der Waals surface area contributed by atoms with E-state index in [-0.39, 0.29) is 5.75 Å². The molecule has 0 aliphatic rings.